The fourth-order valence-electron chi connectivity index (χ4n) is 3.44. The van der Waals surface area contributed by atoms with Crippen molar-refractivity contribution in [3.63, 3.8) is 0 Å². The average Bonchev–Trinajstić information content (AvgIpc) is 2.79. The van der Waals surface area contributed by atoms with Crippen molar-refractivity contribution in [3.05, 3.63) is 126 Å². The van der Waals surface area contributed by atoms with Crippen LogP contribution in [0.5, 0.6) is 0 Å². The molecule has 0 spiro atoms. The third-order valence-corrected chi connectivity index (χ3v) is 8.55. The minimum Gasteiger partial charge on any atom is -0.267 e. The van der Waals surface area contributed by atoms with Gasteiger partial charge in [-0.3, -0.25) is 4.79 Å². The van der Waals surface area contributed by atoms with Crippen molar-refractivity contribution in [2.45, 2.75) is 6.92 Å². The molecular formula is C26H22NOP. The second-order valence-electron chi connectivity index (χ2n) is 6.91. The molecule has 0 saturated heterocycles. The SMILES string of the molecule is Cc1ccc(C(=O)N=P(c2ccccc2)(c2ccccc2)c2ccccc2)cc1. The van der Waals surface area contributed by atoms with Crippen LogP contribution in [0.15, 0.2) is 120 Å². The predicted molar refractivity (Wildman–Crippen MR) is 123 cm³/mol. The number of amides is 1. The lowest BCUT2D eigenvalue weighted by atomic mass is 10.1. The van der Waals surface area contributed by atoms with Gasteiger partial charge in [0.15, 0.2) is 0 Å². The Bertz CT molecular complexity index is 1050. The number of benzene rings is 4. The minimum absolute atomic E-state index is 0.185. The van der Waals surface area contributed by atoms with E-state index in [9.17, 15) is 4.79 Å². The molecule has 29 heavy (non-hydrogen) atoms. The molecule has 0 fully saturated rings. The van der Waals surface area contributed by atoms with Gasteiger partial charge in [-0.25, -0.2) is 4.74 Å². The number of carbonyl (C=O) groups excluding carboxylic acids is 1. The topological polar surface area (TPSA) is 29.4 Å². The summed E-state index contributed by atoms with van der Waals surface area (Å²) in [5, 5.41) is 3.20. The lowest BCUT2D eigenvalue weighted by Crippen LogP contribution is -2.26. The molecule has 4 aromatic carbocycles. The van der Waals surface area contributed by atoms with Crippen LogP contribution in [0, 0.1) is 6.92 Å². The fraction of sp³-hybridized carbons (Fsp3) is 0.0385. The van der Waals surface area contributed by atoms with Crippen LogP contribution in [0.4, 0.5) is 0 Å². The largest absolute Gasteiger partial charge is 0.276 e. The molecular weight excluding hydrogens is 373 g/mol. The van der Waals surface area contributed by atoms with Gasteiger partial charge in [-0.1, -0.05) is 109 Å². The lowest BCUT2D eigenvalue weighted by Gasteiger charge is -2.26. The van der Waals surface area contributed by atoms with Crippen molar-refractivity contribution in [3.8, 4) is 0 Å². The highest BCUT2D eigenvalue weighted by molar-refractivity contribution is 7.87. The van der Waals surface area contributed by atoms with Gasteiger partial charge in [0.05, 0.1) is 7.05 Å². The van der Waals surface area contributed by atoms with Crippen molar-refractivity contribution in [1.82, 2.24) is 0 Å². The molecule has 3 heteroatoms. The van der Waals surface area contributed by atoms with Gasteiger partial charge in [0.1, 0.15) is 0 Å². The quantitative estimate of drug-likeness (QED) is 0.431. The molecule has 0 saturated carbocycles. The van der Waals surface area contributed by atoms with Gasteiger partial charge in [-0.2, -0.15) is 0 Å². The molecule has 0 N–H and O–H groups in total. The number of hydrogen-bond acceptors (Lipinski definition) is 1. The third kappa shape index (κ3) is 3.85. The molecule has 0 aromatic heterocycles. The summed E-state index contributed by atoms with van der Waals surface area (Å²) in [6.07, 6.45) is 0. The molecule has 142 valence electrons. The van der Waals surface area contributed by atoms with E-state index in [1.807, 2.05) is 85.8 Å². The van der Waals surface area contributed by atoms with E-state index in [-0.39, 0.29) is 5.91 Å². The highest BCUT2D eigenvalue weighted by Gasteiger charge is 2.28. The van der Waals surface area contributed by atoms with Crippen LogP contribution in [-0.2, 0) is 0 Å². The Kier molecular flexibility index (Phi) is 5.55. The Morgan fingerprint density at radius 1 is 0.586 bits per heavy atom. The second kappa shape index (κ2) is 8.43. The molecule has 0 bridgehead atoms. The first-order valence-electron chi connectivity index (χ1n) is 9.60. The number of hydrogen-bond donors (Lipinski definition) is 0. The summed E-state index contributed by atoms with van der Waals surface area (Å²) in [5.41, 5.74) is 1.74. The second-order valence-corrected chi connectivity index (χ2v) is 9.93. The Balaban J connectivity index is 2.05. The van der Waals surface area contributed by atoms with Crippen LogP contribution in [0.2, 0.25) is 0 Å². The van der Waals surface area contributed by atoms with Crippen molar-refractivity contribution < 1.29 is 4.79 Å². The van der Waals surface area contributed by atoms with Crippen LogP contribution < -0.4 is 15.9 Å². The van der Waals surface area contributed by atoms with Crippen molar-refractivity contribution in [2.24, 2.45) is 4.74 Å². The molecule has 4 rings (SSSR count). The summed E-state index contributed by atoms with van der Waals surface area (Å²) in [4.78, 5) is 13.4. The zero-order valence-corrected chi connectivity index (χ0v) is 17.2. The van der Waals surface area contributed by atoms with E-state index >= 15 is 0 Å². The number of carbonyl (C=O) groups is 1. The van der Waals surface area contributed by atoms with Gasteiger partial charge in [-0.15, -0.1) is 0 Å². The smallest absolute Gasteiger partial charge is 0.267 e. The molecule has 1 amide bonds. The van der Waals surface area contributed by atoms with E-state index in [0.717, 1.165) is 21.5 Å². The summed E-state index contributed by atoms with van der Waals surface area (Å²) in [6.45, 7) is 2.01. The fourth-order valence-corrected chi connectivity index (χ4v) is 6.88. The Morgan fingerprint density at radius 3 is 1.34 bits per heavy atom. The lowest BCUT2D eigenvalue weighted by molar-refractivity contribution is 0.100. The van der Waals surface area contributed by atoms with E-state index in [2.05, 4.69) is 36.4 Å². The number of nitrogens with zero attached hydrogens (tertiary/aromatic N) is 1. The van der Waals surface area contributed by atoms with Gasteiger partial charge in [0.25, 0.3) is 5.91 Å². The zero-order chi connectivity index (χ0) is 20.1. The molecule has 0 heterocycles. The maximum absolute atomic E-state index is 13.4. The van der Waals surface area contributed by atoms with E-state index in [1.165, 1.54) is 0 Å². The van der Waals surface area contributed by atoms with Gasteiger partial charge in [-0.05, 0) is 19.1 Å². The van der Waals surface area contributed by atoms with Crippen LogP contribution in [-0.4, -0.2) is 5.91 Å². The number of aryl methyl sites for hydroxylation is 1. The third-order valence-electron chi connectivity index (χ3n) is 4.93. The van der Waals surface area contributed by atoms with E-state index in [0.29, 0.717) is 5.56 Å². The van der Waals surface area contributed by atoms with E-state index in [1.54, 1.807) is 0 Å². The van der Waals surface area contributed by atoms with Gasteiger partial charge < -0.3 is 0 Å². The molecule has 0 unspecified atom stereocenters. The highest BCUT2D eigenvalue weighted by atomic mass is 31.2. The maximum atomic E-state index is 13.4. The molecule has 2 nitrogen and oxygen atoms in total. The van der Waals surface area contributed by atoms with Crippen molar-refractivity contribution >= 4 is 28.9 Å². The Hall–Kier alpha value is -3.22. The van der Waals surface area contributed by atoms with Crippen molar-refractivity contribution in [1.29, 1.82) is 0 Å². The molecule has 0 radical (unpaired) electrons. The van der Waals surface area contributed by atoms with Crippen LogP contribution >= 0.6 is 7.05 Å². The van der Waals surface area contributed by atoms with E-state index < -0.39 is 7.05 Å². The van der Waals surface area contributed by atoms with Crippen molar-refractivity contribution in [2.75, 3.05) is 0 Å². The molecule has 0 aliphatic rings. The molecule has 0 aliphatic heterocycles. The zero-order valence-electron chi connectivity index (χ0n) is 16.3. The first-order valence-corrected chi connectivity index (χ1v) is 11.3. The molecule has 0 atom stereocenters. The van der Waals surface area contributed by atoms with Crippen LogP contribution in [0.3, 0.4) is 0 Å². The minimum atomic E-state index is -2.51. The number of rotatable bonds is 4. The maximum Gasteiger partial charge on any atom is 0.276 e. The first kappa shape index (κ1) is 19.1. The Labute approximate surface area is 171 Å². The van der Waals surface area contributed by atoms with Crippen LogP contribution in [0.25, 0.3) is 0 Å². The average molecular weight is 395 g/mol. The standard InChI is InChI=1S/C26H22NOP/c1-21-17-19-22(20-18-21)26(28)27-29(23-11-5-2-6-12-23,24-13-7-3-8-14-24)25-15-9-4-10-16-25/h2-20H,1H3. The summed E-state index contributed by atoms with van der Waals surface area (Å²) < 4.78 is 4.99. The van der Waals surface area contributed by atoms with Crippen LogP contribution in [0.1, 0.15) is 15.9 Å². The summed E-state index contributed by atoms with van der Waals surface area (Å²) >= 11 is 0. The molecule has 4 aromatic rings. The van der Waals surface area contributed by atoms with Gasteiger partial charge >= 0.3 is 0 Å². The Morgan fingerprint density at radius 2 is 0.966 bits per heavy atom. The molecule has 0 aliphatic carbocycles. The predicted octanol–water partition coefficient (Wildman–Crippen LogP) is 5.31. The van der Waals surface area contributed by atoms with Gasteiger partial charge in [0, 0.05) is 21.5 Å². The summed E-state index contributed by atoms with van der Waals surface area (Å²) in [5.74, 6) is -0.185. The first-order chi connectivity index (χ1) is 14.2. The summed E-state index contributed by atoms with van der Waals surface area (Å²) in [6, 6.07) is 38.2. The highest BCUT2D eigenvalue weighted by Crippen LogP contribution is 2.46. The van der Waals surface area contributed by atoms with Gasteiger partial charge in [0.2, 0.25) is 0 Å². The van der Waals surface area contributed by atoms with E-state index in [4.69, 9.17) is 4.74 Å². The normalized spacial score (nSPS) is 11.1. The summed E-state index contributed by atoms with van der Waals surface area (Å²) in [7, 11) is -2.51. The monoisotopic (exact) mass is 395 g/mol.